The van der Waals surface area contributed by atoms with Crippen LogP contribution in [-0.4, -0.2) is 39.9 Å². The Balaban J connectivity index is 1.32. The van der Waals surface area contributed by atoms with Crippen molar-refractivity contribution in [2.75, 3.05) is 16.2 Å². The SMILES string of the molecule is C=CCN1c2ccccc2-c2nc(Nc3ccc(-c4nc5cnccc5[nH]4)cc3)ncc2S1(=O)=O. The van der Waals surface area contributed by atoms with E-state index in [9.17, 15) is 8.42 Å². The maximum atomic E-state index is 13.2. The number of hydrogen-bond donors (Lipinski definition) is 2. The summed E-state index contributed by atoms with van der Waals surface area (Å²) in [6.07, 6.45) is 6.34. The van der Waals surface area contributed by atoms with Gasteiger partial charge in [0.15, 0.2) is 0 Å². The smallest absolute Gasteiger partial charge is 0.268 e. The summed E-state index contributed by atoms with van der Waals surface area (Å²) >= 11 is 0. The van der Waals surface area contributed by atoms with E-state index in [1.54, 1.807) is 30.6 Å². The van der Waals surface area contributed by atoms with E-state index in [0.717, 1.165) is 33.7 Å². The van der Waals surface area contributed by atoms with Crippen LogP contribution in [0.1, 0.15) is 0 Å². The van der Waals surface area contributed by atoms with Gasteiger partial charge in [0.1, 0.15) is 16.2 Å². The number of anilines is 3. The van der Waals surface area contributed by atoms with E-state index >= 15 is 0 Å². The Kier molecular flexibility index (Phi) is 4.82. The molecule has 9 nitrogen and oxygen atoms in total. The highest BCUT2D eigenvalue weighted by atomic mass is 32.2. The summed E-state index contributed by atoms with van der Waals surface area (Å²) in [6.45, 7) is 3.85. The number of para-hydroxylation sites is 1. The second kappa shape index (κ2) is 8.03. The highest BCUT2D eigenvalue weighted by Crippen LogP contribution is 2.41. The third-order valence-electron chi connectivity index (χ3n) is 5.75. The van der Waals surface area contributed by atoms with Crippen LogP contribution in [0.4, 0.5) is 17.3 Å². The van der Waals surface area contributed by atoms with Crippen molar-refractivity contribution in [3.8, 4) is 22.6 Å². The van der Waals surface area contributed by atoms with Crippen LogP contribution in [0.5, 0.6) is 0 Å². The molecule has 5 aromatic rings. The fourth-order valence-corrected chi connectivity index (χ4v) is 5.64. The van der Waals surface area contributed by atoms with E-state index in [4.69, 9.17) is 0 Å². The maximum Gasteiger partial charge on any atom is 0.268 e. The zero-order valence-corrected chi connectivity index (χ0v) is 19.2. The van der Waals surface area contributed by atoms with Crippen molar-refractivity contribution in [3.63, 3.8) is 0 Å². The normalized spacial score (nSPS) is 13.8. The van der Waals surface area contributed by atoms with Gasteiger partial charge in [0.2, 0.25) is 5.95 Å². The van der Waals surface area contributed by atoms with E-state index in [1.165, 1.54) is 10.5 Å². The Morgan fingerprint density at radius 2 is 1.86 bits per heavy atom. The van der Waals surface area contributed by atoms with E-state index in [0.29, 0.717) is 17.3 Å². The van der Waals surface area contributed by atoms with Crippen LogP contribution in [0.2, 0.25) is 0 Å². The first kappa shape index (κ1) is 21.0. The summed E-state index contributed by atoms with van der Waals surface area (Å²) in [6, 6.07) is 16.8. The molecule has 0 aliphatic carbocycles. The lowest BCUT2D eigenvalue weighted by atomic mass is 10.1. The molecular weight excluding hydrogens is 462 g/mol. The van der Waals surface area contributed by atoms with E-state index in [1.807, 2.05) is 42.5 Å². The summed E-state index contributed by atoms with van der Waals surface area (Å²) in [5, 5.41) is 3.17. The van der Waals surface area contributed by atoms with Gasteiger partial charge in [-0.1, -0.05) is 24.3 Å². The number of fused-ring (bicyclic) bond motifs is 4. The molecule has 0 bridgehead atoms. The second-order valence-corrected chi connectivity index (χ2v) is 9.76. The number of H-pyrrole nitrogens is 1. The Morgan fingerprint density at radius 3 is 2.66 bits per heavy atom. The molecule has 4 heterocycles. The molecule has 1 aliphatic heterocycles. The van der Waals surface area contributed by atoms with Crippen LogP contribution < -0.4 is 9.62 Å². The molecule has 0 fully saturated rings. The molecule has 0 amide bonds. The fraction of sp³-hybridized carbons (Fsp3) is 0.0400. The predicted molar refractivity (Wildman–Crippen MR) is 135 cm³/mol. The number of imidazole rings is 1. The first-order chi connectivity index (χ1) is 17.0. The van der Waals surface area contributed by atoms with E-state index < -0.39 is 10.0 Å². The predicted octanol–water partition coefficient (Wildman–Crippen LogP) is 4.52. The van der Waals surface area contributed by atoms with Gasteiger partial charge in [-0.2, -0.15) is 0 Å². The lowest BCUT2D eigenvalue weighted by Crippen LogP contribution is -2.35. The monoisotopic (exact) mass is 481 g/mol. The summed E-state index contributed by atoms with van der Waals surface area (Å²) in [7, 11) is -3.80. The van der Waals surface area contributed by atoms with Crippen LogP contribution in [0.15, 0.2) is 90.7 Å². The van der Waals surface area contributed by atoms with Gasteiger partial charge in [-0.15, -0.1) is 6.58 Å². The molecule has 10 heteroatoms. The van der Waals surface area contributed by atoms with Gasteiger partial charge in [0, 0.05) is 23.0 Å². The van der Waals surface area contributed by atoms with Gasteiger partial charge in [0.05, 0.1) is 35.8 Å². The number of pyridine rings is 1. The van der Waals surface area contributed by atoms with Crippen molar-refractivity contribution >= 4 is 38.4 Å². The second-order valence-electron chi connectivity index (χ2n) is 7.93. The maximum absolute atomic E-state index is 13.2. The number of nitrogens with zero attached hydrogens (tertiary/aromatic N) is 5. The summed E-state index contributed by atoms with van der Waals surface area (Å²) in [4.78, 5) is 20.9. The van der Waals surface area contributed by atoms with Crippen molar-refractivity contribution in [3.05, 3.63) is 85.8 Å². The van der Waals surface area contributed by atoms with Crippen molar-refractivity contribution < 1.29 is 8.42 Å². The lowest BCUT2D eigenvalue weighted by molar-refractivity contribution is 0.591. The molecule has 0 radical (unpaired) electrons. The number of nitrogens with one attached hydrogen (secondary N) is 2. The van der Waals surface area contributed by atoms with E-state index in [2.05, 4.69) is 36.8 Å². The minimum Gasteiger partial charge on any atom is -0.338 e. The number of aromatic amines is 1. The lowest BCUT2D eigenvalue weighted by Gasteiger charge is -2.30. The van der Waals surface area contributed by atoms with Crippen LogP contribution in [-0.2, 0) is 10.0 Å². The highest BCUT2D eigenvalue weighted by molar-refractivity contribution is 7.93. The Bertz CT molecular complexity index is 1660. The molecule has 6 rings (SSSR count). The molecule has 0 unspecified atom stereocenters. The van der Waals surface area contributed by atoms with Crippen molar-refractivity contribution in [1.82, 2.24) is 24.9 Å². The molecule has 172 valence electrons. The van der Waals surface area contributed by atoms with Gasteiger partial charge < -0.3 is 10.3 Å². The number of sulfonamides is 1. The minimum absolute atomic E-state index is 0.0679. The Labute approximate surface area is 201 Å². The standard InChI is InChI=1S/C25H19N7O2S/c1-2-13-32-21-6-4-3-5-18(21)23-22(35(32,33)34)15-27-25(31-23)28-17-9-7-16(8-10-17)24-29-19-11-12-26-14-20(19)30-24/h2-12,14-15H,1,13H2,(H,29,30)(H,27,28,31). The van der Waals surface area contributed by atoms with Crippen molar-refractivity contribution in [2.45, 2.75) is 4.90 Å². The topological polar surface area (TPSA) is 117 Å². The number of benzene rings is 2. The third-order valence-corrected chi connectivity index (χ3v) is 7.53. The van der Waals surface area contributed by atoms with Gasteiger partial charge in [-0.05, 0) is 36.4 Å². The fourth-order valence-electron chi connectivity index (χ4n) is 4.10. The zero-order chi connectivity index (χ0) is 24.0. The number of rotatable bonds is 5. The van der Waals surface area contributed by atoms with Crippen molar-refractivity contribution in [2.24, 2.45) is 0 Å². The molecule has 0 atom stereocenters. The van der Waals surface area contributed by atoms with Crippen molar-refractivity contribution in [1.29, 1.82) is 0 Å². The molecule has 1 aliphatic rings. The Hall–Kier alpha value is -4.57. The highest BCUT2D eigenvalue weighted by Gasteiger charge is 2.35. The number of hydrogen-bond acceptors (Lipinski definition) is 7. The van der Waals surface area contributed by atoms with Gasteiger partial charge in [-0.3, -0.25) is 9.29 Å². The molecule has 0 spiro atoms. The molecule has 2 N–H and O–H groups in total. The minimum atomic E-state index is -3.80. The van der Waals surface area contributed by atoms with Gasteiger partial charge >= 0.3 is 0 Å². The van der Waals surface area contributed by atoms with E-state index in [-0.39, 0.29) is 11.4 Å². The molecular formula is C25H19N7O2S. The van der Waals surface area contributed by atoms with Crippen LogP contribution >= 0.6 is 0 Å². The summed E-state index contributed by atoms with van der Waals surface area (Å²) in [5.41, 5.74) is 5.04. The zero-order valence-electron chi connectivity index (χ0n) is 18.4. The number of aromatic nitrogens is 5. The van der Waals surface area contributed by atoms with Crippen LogP contribution in [0.3, 0.4) is 0 Å². The summed E-state index contributed by atoms with van der Waals surface area (Å²) in [5.74, 6) is 1.05. The van der Waals surface area contributed by atoms with Gasteiger partial charge in [0.25, 0.3) is 10.0 Å². The molecule has 35 heavy (non-hydrogen) atoms. The average molecular weight is 482 g/mol. The quantitative estimate of drug-likeness (QED) is 0.355. The molecule has 0 saturated carbocycles. The average Bonchev–Trinajstić information content (AvgIpc) is 3.31. The first-order valence-electron chi connectivity index (χ1n) is 10.8. The molecule has 3 aromatic heterocycles. The molecule has 2 aromatic carbocycles. The first-order valence-corrected chi connectivity index (χ1v) is 12.3. The van der Waals surface area contributed by atoms with Crippen LogP contribution in [0, 0.1) is 0 Å². The summed E-state index contributed by atoms with van der Waals surface area (Å²) < 4.78 is 27.8. The Morgan fingerprint density at radius 1 is 1.03 bits per heavy atom. The largest absolute Gasteiger partial charge is 0.338 e. The van der Waals surface area contributed by atoms with Crippen LogP contribution in [0.25, 0.3) is 33.7 Å². The third kappa shape index (κ3) is 3.51. The van der Waals surface area contributed by atoms with Gasteiger partial charge in [-0.25, -0.2) is 23.4 Å². The molecule has 0 saturated heterocycles.